The molecule has 1 heterocycles. The normalized spacial score (nSPS) is 17.1. The van der Waals surface area contributed by atoms with Crippen LogP contribution in [0.3, 0.4) is 0 Å². The Hall–Kier alpha value is -3.56. The van der Waals surface area contributed by atoms with E-state index in [0.717, 1.165) is 0 Å². The molecule has 186 valence electrons. The second kappa shape index (κ2) is 10.8. The highest BCUT2D eigenvalue weighted by molar-refractivity contribution is 6.46. The Balaban J connectivity index is 2.21. The monoisotopic (exact) mass is 502 g/mol. The van der Waals surface area contributed by atoms with Gasteiger partial charge in [0.15, 0.2) is 11.5 Å². The first-order valence-electron chi connectivity index (χ1n) is 10.7. The molecular weight excluding hydrogens is 476 g/mol. The number of halogens is 1. The zero-order valence-corrected chi connectivity index (χ0v) is 20.9. The first-order chi connectivity index (χ1) is 16.6. The molecule has 1 aliphatic heterocycles. The molecule has 35 heavy (non-hydrogen) atoms. The van der Waals surface area contributed by atoms with Crippen molar-refractivity contribution < 1.29 is 33.7 Å². The van der Waals surface area contributed by atoms with Crippen molar-refractivity contribution in [3.05, 3.63) is 58.1 Å². The van der Waals surface area contributed by atoms with Crippen molar-refractivity contribution in [3.8, 4) is 17.2 Å². The van der Waals surface area contributed by atoms with Crippen molar-refractivity contribution in [2.24, 2.45) is 0 Å². The third-order valence-corrected chi connectivity index (χ3v) is 5.81. The lowest BCUT2D eigenvalue weighted by molar-refractivity contribution is -0.140. The van der Waals surface area contributed by atoms with Crippen LogP contribution in [0.2, 0.25) is 5.02 Å². The number of ether oxygens (including phenoxy) is 3. The number of aliphatic hydroxyl groups excluding tert-OH is 1. The van der Waals surface area contributed by atoms with Crippen LogP contribution in [-0.4, -0.2) is 74.0 Å². The summed E-state index contributed by atoms with van der Waals surface area (Å²) in [6, 6.07) is 8.37. The molecule has 1 atom stereocenters. The van der Waals surface area contributed by atoms with E-state index in [2.05, 4.69) is 0 Å². The summed E-state index contributed by atoms with van der Waals surface area (Å²) in [5.74, 6) is -1.69. The van der Waals surface area contributed by atoms with Gasteiger partial charge in [0, 0.05) is 25.6 Å². The lowest BCUT2D eigenvalue weighted by atomic mass is 9.95. The number of aliphatic hydroxyl groups is 1. The van der Waals surface area contributed by atoms with Gasteiger partial charge in [0.25, 0.3) is 11.7 Å². The maximum atomic E-state index is 13.2. The minimum atomic E-state index is -0.934. The molecule has 1 N–H and O–H groups in total. The SMILES string of the molecule is COc1ccc(/C(O)=C2/C(=O)C(=O)N(CCN(C)C)C2c2ccc(OC)c(OC(C)=O)c2)cc1Cl. The summed E-state index contributed by atoms with van der Waals surface area (Å²) in [6.07, 6.45) is 0. The Morgan fingerprint density at radius 3 is 2.29 bits per heavy atom. The van der Waals surface area contributed by atoms with Crippen LogP contribution in [0.1, 0.15) is 24.1 Å². The van der Waals surface area contributed by atoms with Crippen molar-refractivity contribution in [1.82, 2.24) is 9.80 Å². The Labute approximate surface area is 208 Å². The molecule has 1 amide bonds. The van der Waals surface area contributed by atoms with Crippen LogP contribution < -0.4 is 14.2 Å². The smallest absolute Gasteiger partial charge is 0.308 e. The molecule has 1 saturated heterocycles. The topological polar surface area (TPSA) is 106 Å². The zero-order chi connectivity index (χ0) is 25.9. The molecular formula is C25H27ClN2O7. The number of nitrogens with zero attached hydrogens (tertiary/aromatic N) is 2. The van der Waals surface area contributed by atoms with Crippen molar-refractivity contribution in [1.29, 1.82) is 0 Å². The largest absolute Gasteiger partial charge is 0.507 e. The number of hydrogen-bond acceptors (Lipinski definition) is 8. The summed E-state index contributed by atoms with van der Waals surface area (Å²) in [5.41, 5.74) is 0.607. The van der Waals surface area contributed by atoms with Gasteiger partial charge in [-0.3, -0.25) is 14.4 Å². The third-order valence-electron chi connectivity index (χ3n) is 5.51. The van der Waals surface area contributed by atoms with E-state index in [1.54, 1.807) is 24.3 Å². The van der Waals surface area contributed by atoms with Crippen molar-refractivity contribution in [2.75, 3.05) is 41.4 Å². The van der Waals surface area contributed by atoms with E-state index >= 15 is 0 Å². The van der Waals surface area contributed by atoms with Crippen LogP contribution in [0.25, 0.3) is 5.76 Å². The number of likely N-dealkylation sites (tertiary alicyclic amines) is 1. The van der Waals surface area contributed by atoms with Crippen molar-refractivity contribution in [3.63, 3.8) is 0 Å². The maximum absolute atomic E-state index is 13.2. The quantitative estimate of drug-likeness (QED) is 0.193. The highest BCUT2D eigenvalue weighted by atomic mass is 35.5. The van der Waals surface area contributed by atoms with E-state index in [1.165, 1.54) is 38.2 Å². The van der Waals surface area contributed by atoms with Gasteiger partial charge in [-0.2, -0.15) is 0 Å². The first-order valence-corrected chi connectivity index (χ1v) is 11.1. The van der Waals surface area contributed by atoms with Crippen LogP contribution >= 0.6 is 11.6 Å². The Morgan fingerprint density at radius 1 is 1.06 bits per heavy atom. The first kappa shape index (κ1) is 26.1. The summed E-state index contributed by atoms with van der Waals surface area (Å²) in [4.78, 5) is 41.1. The fourth-order valence-electron chi connectivity index (χ4n) is 3.83. The molecule has 1 unspecified atom stereocenters. The van der Waals surface area contributed by atoms with Gasteiger partial charge in [-0.1, -0.05) is 17.7 Å². The van der Waals surface area contributed by atoms with Crippen LogP contribution in [0.15, 0.2) is 42.0 Å². The second-order valence-electron chi connectivity index (χ2n) is 8.15. The molecule has 0 bridgehead atoms. The van der Waals surface area contributed by atoms with Crippen LogP contribution in [0.5, 0.6) is 17.2 Å². The molecule has 2 aromatic carbocycles. The summed E-state index contributed by atoms with van der Waals surface area (Å²) in [7, 11) is 6.58. The number of Topliss-reactive ketones (excluding diaryl/α,β-unsaturated/α-hetero) is 1. The highest BCUT2D eigenvalue weighted by Crippen LogP contribution is 2.42. The average Bonchev–Trinajstić information content (AvgIpc) is 3.06. The number of ketones is 1. The number of benzene rings is 2. The summed E-state index contributed by atoms with van der Waals surface area (Å²) in [5, 5.41) is 11.4. The Bertz CT molecular complexity index is 1190. The summed E-state index contributed by atoms with van der Waals surface area (Å²) >= 11 is 6.23. The average molecular weight is 503 g/mol. The molecule has 0 aromatic heterocycles. The van der Waals surface area contributed by atoms with E-state index in [0.29, 0.717) is 23.6 Å². The number of carbonyl (C=O) groups excluding carboxylic acids is 3. The van der Waals surface area contributed by atoms with Crippen LogP contribution in [-0.2, 0) is 14.4 Å². The van der Waals surface area contributed by atoms with Crippen LogP contribution in [0.4, 0.5) is 0 Å². The predicted octanol–water partition coefficient (Wildman–Crippen LogP) is 3.27. The summed E-state index contributed by atoms with van der Waals surface area (Å²) in [6.45, 7) is 1.95. The van der Waals surface area contributed by atoms with E-state index < -0.39 is 23.7 Å². The lowest BCUT2D eigenvalue weighted by Gasteiger charge is -2.27. The number of esters is 1. The molecule has 9 nitrogen and oxygen atoms in total. The van der Waals surface area contributed by atoms with E-state index in [4.69, 9.17) is 25.8 Å². The van der Waals surface area contributed by atoms with E-state index in [-0.39, 0.29) is 34.2 Å². The van der Waals surface area contributed by atoms with E-state index in [1.807, 2.05) is 19.0 Å². The number of likely N-dealkylation sites (N-methyl/N-ethyl adjacent to an activating group) is 1. The molecule has 0 spiro atoms. The van der Waals surface area contributed by atoms with E-state index in [9.17, 15) is 19.5 Å². The fourth-order valence-corrected chi connectivity index (χ4v) is 4.09. The van der Waals surface area contributed by atoms with Crippen molar-refractivity contribution >= 4 is 35.0 Å². The fraction of sp³-hybridized carbons (Fsp3) is 0.320. The number of amides is 1. The predicted molar refractivity (Wildman–Crippen MR) is 130 cm³/mol. The Kier molecular flexibility index (Phi) is 8.03. The van der Waals surface area contributed by atoms with Gasteiger partial charge in [-0.25, -0.2) is 0 Å². The standard InChI is InChI=1S/C25H27ClN2O7/c1-14(29)35-20-13-15(6-9-19(20)34-5)22-21(24(31)25(32)28(22)11-10-27(2)3)23(30)16-7-8-18(33-4)17(26)12-16/h6-9,12-13,22,30H,10-11H2,1-5H3/b23-21-. The summed E-state index contributed by atoms with van der Waals surface area (Å²) < 4.78 is 15.7. The second-order valence-corrected chi connectivity index (χ2v) is 8.56. The van der Waals surface area contributed by atoms with Crippen molar-refractivity contribution in [2.45, 2.75) is 13.0 Å². The minimum Gasteiger partial charge on any atom is -0.507 e. The maximum Gasteiger partial charge on any atom is 0.308 e. The van der Waals surface area contributed by atoms with Gasteiger partial charge in [-0.05, 0) is 50.0 Å². The number of hydrogen-bond donors (Lipinski definition) is 1. The van der Waals surface area contributed by atoms with Gasteiger partial charge in [0.2, 0.25) is 0 Å². The van der Waals surface area contributed by atoms with Gasteiger partial charge < -0.3 is 29.1 Å². The molecule has 2 aromatic rings. The number of rotatable bonds is 8. The molecule has 0 radical (unpaired) electrons. The number of carbonyl (C=O) groups is 3. The molecule has 10 heteroatoms. The van der Waals surface area contributed by atoms with Gasteiger partial charge in [0.1, 0.15) is 11.5 Å². The molecule has 0 saturated carbocycles. The van der Waals surface area contributed by atoms with Gasteiger partial charge >= 0.3 is 5.97 Å². The molecule has 0 aliphatic carbocycles. The van der Waals surface area contributed by atoms with Gasteiger partial charge in [-0.15, -0.1) is 0 Å². The zero-order valence-electron chi connectivity index (χ0n) is 20.1. The highest BCUT2D eigenvalue weighted by Gasteiger charge is 2.46. The van der Waals surface area contributed by atoms with Gasteiger partial charge in [0.05, 0.1) is 30.9 Å². The lowest BCUT2D eigenvalue weighted by Crippen LogP contribution is -2.35. The third kappa shape index (κ3) is 5.41. The van der Waals surface area contributed by atoms with Crippen LogP contribution in [0, 0.1) is 0 Å². The minimum absolute atomic E-state index is 0.103. The molecule has 3 rings (SSSR count). The number of methoxy groups -OCH3 is 2. The Morgan fingerprint density at radius 2 is 1.71 bits per heavy atom. The molecule has 1 aliphatic rings. The molecule has 1 fully saturated rings.